The lowest BCUT2D eigenvalue weighted by atomic mass is 10.2. The number of nitrogens with zero attached hydrogens (tertiary/aromatic N) is 1. The summed E-state index contributed by atoms with van der Waals surface area (Å²) in [4.78, 5) is 12.8. The highest BCUT2D eigenvalue weighted by Gasteiger charge is 2.18. The maximum atomic E-state index is 12.3. The smallest absolute Gasteiger partial charge is 0.255 e. The average Bonchev–Trinajstić information content (AvgIpc) is 2.28. The van der Waals surface area contributed by atoms with Crippen LogP contribution in [-0.2, 0) is 0 Å². The van der Waals surface area contributed by atoms with Gasteiger partial charge in [0.15, 0.2) is 0 Å². The summed E-state index contributed by atoms with van der Waals surface area (Å²) in [5.74, 6) is -0.503. The molecule has 0 aromatic heterocycles. The molecular formula is C11H14F2N2O2. The minimum Gasteiger partial charge on any atom is -0.508 e. The summed E-state index contributed by atoms with van der Waals surface area (Å²) in [6.07, 6.45) is -2.59. The normalized spacial score (nSPS) is 10.6. The fraction of sp³-hybridized carbons (Fsp3) is 0.364. The Morgan fingerprint density at radius 3 is 2.41 bits per heavy atom. The SMILES string of the molecule is NCCN(CC(F)F)C(=O)c1ccc(O)cc1. The second-order valence-corrected chi connectivity index (χ2v) is 3.48. The van der Waals surface area contributed by atoms with Crippen LogP contribution in [0.1, 0.15) is 10.4 Å². The van der Waals surface area contributed by atoms with Gasteiger partial charge < -0.3 is 15.7 Å². The van der Waals surface area contributed by atoms with Crippen LogP contribution < -0.4 is 5.73 Å². The molecule has 0 aliphatic carbocycles. The molecule has 0 bridgehead atoms. The number of phenols is 1. The predicted octanol–water partition coefficient (Wildman–Crippen LogP) is 1.06. The van der Waals surface area contributed by atoms with E-state index in [1.54, 1.807) is 0 Å². The van der Waals surface area contributed by atoms with Crippen molar-refractivity contribution in [3.8, 4) is 5.75 Å². The van der Waals surface area contributed by atoms with Crippen LogP contribution >= 0.6 is 0 Å². The number of benzene rings is 1. The highest BCUT2D eigenvalue weighted by atomic mass is 19.3. The third-order valence-electron chi connectivity index (χ3n) is 2.16. The molecule has 94 valence electrons. The van der Waals surface area contributed by atoms with Gasteiger partial charge in [0.2, 0.25) is 0 Å². The molecule has 0 spiro atoms. The van der Waals surface area contributed by atoms with Crippen molar-refractivity contribution >= 4 is 5.91 Å². The zero-order valence-corrected chi connectivity index (χ0v) is 9.14. The van der Waals surface area contributed by atoms with E-state index >= 15 is 0 Å². The number of rotatable bonds is 5. The lowest BCUT2D eigenvalue weighted by molar-refractivity contribution is 0.0563. The molecule has 1 aromatic carbocycles. The van der Waals surface area contributed by atoms with Crippen LogP contribution in [0.3, 0.4) is 0 Å². The molecule has 17 heavy (non-hydrogen) atoms. The molecule has 1 amide bonds. The summed E-state index contributed by atoms with van der Waals surface area (Å²) in [6.45, 7) is -0.447. The summed E-state index contributed by atoms with van der Waals surface area (Å²) >= 11 is 0. The van der Waals surface area contributed by atoms with Crippen molar-refractivity contribution in [3.05, 3.63) is 29.8 Å². The second kappa shape index (κ2) is 6.15. The second-order valence-electron chi connectivity index (χ2n) is 3.48. The van der Waals surface area contributed by atoms with Crippen LogP contribution in [0.2, 0.25) is 0 Å². The zero-order valence-electron chi connectivity index (χ0n) is 9.14. The number of alkyl halides is 2. The van der Waals surface area contributed by atoms with Crippen LogP contribution in [0, 0.1) is 0 Å². The molecule has 4 nitrogen and oxygen atoms in total. The molecule has 3 N–H and O–H groups in total. The van der Waals surface area contributed by atoms with Gasteiger partial charge in [0.1, 0.15) is 5.75 Å². The third-order valence-corrected chi connectivity index (χ3v) is 2.16. The maximum Gasteiger partial charge on any atom is 0.255 e. The average molecular weight is 244 g/mol. The van der Waals surface area contributed by atoms with Crippen molar-refractivity contribution < 1.29 is 18.7 Å². The van der Waals surface area contributed by atoms with E-state index in [1.807, 2.05) is 0 Å². The Labute approximate surface area is 97.6 Å². The molecule has 1 aromatic rings. The number of nitrogens with two attached hydrogens (primary N) is 1. The summed E-state index contributed by atoms with van der Waals surface area (Å²) in [5, 5.41) is 9.06. The first-order chi connectivity index (χ1) is 8.04. The van der Waals surface area contributed by atoms with E-state index in [0.29, 0.717) is 0 Å². The van der Waals surface area contributed by atoms with E-state index in [0.717, 1.165) is 4.90 Å². The highest BCUT2D eigenvalue weighted by Crippen LogP contribution is 2.12. The van der Waals surface area contributed by atoms with Gasteiger partial charge in [0.25, 0.3) is 12.3 Å². The molecule has 1 rings (SSSR count). The number of halogens is 2. The molecule has 0 aliphatic heterocycles. The zero-order chi connectivity index (χ0) is 12.8. The first kappa shape index (κ1) is 13.4. The quantitative estimate of drug-likeness (QED) is 0.813. The minimum absolute atomic E-state index is 0.0146. The molecule has 0 radical (unpaired) electrons. The van der Waals surface area contributed by atoms with E-state index in [-0.39, 0.29) is 24.4 Å². The van der Waals surface area contributed by atoms with Crippen molar-refractivity contribution in [1.29, 1.82) is 0 Å². The van der Waals surface area contributed by atoms with Crippen molar-refractivity contribution in [2.75, 3.05) is 19.6 Å². The van der Waals surface area contributed by atoms with Gasteiger partial charge in [-0.05, 0) is 24.3 Å². The van der Waals surface area contributed by atoms with Crippen molar-refractivity contribution in [3.63, 3.8) is 0 Å². The number of carbonyl (C=O) groups is 1. The molecule has 0 aliphatic rings. The number of hydrogen-bond acceptors (Lipinski definition) is 3. The molecule has 6 heteroatoms. The summed E-state index contributed by atoms with van der Waals surface area (Å²) in [6, 6.07) is 5.42. The Morgan fingerprint density at radius 1 is 1.35 bits per heavy atom. The van der Waals surface area contributed by atoms with Crippen LogP contribution in [0.5, 0.6) is 5.75 Å². The fourth-order valence-corrected chi connectivity index (χ4v) is 1.38. The van der Waals surface area contributed by atoms with Crippen LogP contribution in [0.25, 0.3) is 0 Å². The van der Waals surface area contributed by atoms with Crippen molar-refractivity contribution in [2.45, 2.75) is 6.43 Å². The van der Waals surface area contributed by atoms with Crippen LogP contribution in [-0.4, -0.2) is 42.0 Å². The molecular weight excluding hydrogens is 230 g/mol. The third kappa shape index (κ3) is 3.99. The molecule has 0 atom stereocenters. The minimum atomic E-state index is -2.59. The molecule has 0 saturated heterocycles. The van der Waals surface area contributed by atoms with E-state index in [1.165, 1.54) is 24.3 Å². The van der Waals surface area contributed by atoms with Gasteiger partial charge in [0.05, 0.1) is 6.54 Å². The van der Waals surface area contributed by atoms with E-state index < -0.39 is 18.9 Å². The number of aromatic hydroxyl groups is 1. The standard InChI is InChI=1S/C11H14F2N2O2/c12-10(13)7-15(6-5-14)11(17)8-1-3-9(16)4-2-8/h1-4,10,16H,5-7,14H2. The fourth-order valence-electron chi connectivity index (χ4n) is 1.38. The van der Waals surface area contributed by atoms with E-state index in [2.05, 4.69) is 0 Å². The van der Waals surface area contributed by atoms with Gasteiger partial charge >= 0.3 is 0 Å². The number of carbonyl (C=O) groups excluding carboxylic acids is 1. The summed E-state index contributed by atoms with van der Waals surface area (Å²) < 4.78 is 24.5. The van der Waals surface area contributed by atoms with E-state index in [4.69, 9.17) is 10.8 Å². The lowest BCUT2D eigenvalue weighted by Gasteiger charge is -2.21. The van der Waals surface area contributed by atoms with Gasteiger partial charge in [-0.3, -0.25) is 4.79 Å². The lowest BCUT2D eigenvalue weighted by Crippen LogP contribution is -2.38. The molecule has 0 fully saturated rings. The molecule has 0 heterocycles. The summed E-state index contributed by atoms with van der Waals surface area (Å²) in [7, 11) is 0. The first-order valence-corrected chi connectivity index (χ1v) is 5.11. The molecule has 0 saturated carbocycles. The largest absolute Gasteiger partial charge is 0.508 e. The van der Waals surface area contributed by atoms with Gasteiger partial charge in [-0.2, -0.15) is 0 Å². The maximum absolute atomic E-state index is 12.3. The molecule has 0 unspecified atom stereocenters. The van der Waals surface area contributed by atoms with E-state index in [9.17, 15) is 13.6 Å². The number of amides is 1. The monoisotopic (exact) mass is 244 g/mol. The van der Waals surface area contributed by atoms with Crippen LogP contribution in [0.15, 0.2) is 24.3 Å². The van der Waals surface area contributed by atoms with Crippen LogP contribution in [0.4, 0.5) is 8.78 Å². The van der Waals surface area contributed by atoms with Crippen molar-refractivity contribution in [1.82, 2.24) is 4.90 Å². The van der Waals surface area contributed by atoms with Gasteiger partial charge in [0, 0.05) is 18.7 Å². The van der Waals surface area contributed by atoms with Gasteiger partial charge in [-0.1, -0.05) is 0 Å². The Morgan fingerprint density at radius 2 is 1.94 bits per heavy atom. The predicted molar refractivity (Wildman–Crippen MR) is 59.1 cm³/mol. The Bertz CT molecular complexity index is 368. The number of phenolic OH excluding ortho intramolecular Hbond substituents is 1. The Balaban J connectivity index is 2.79. The van der Waals surface area contributed by atoms with Gasteiger partial charge in [-0.15, -0.1) is 0 Å². The van der Waals surface area contributed by atoms with Crippen molar-refractivity contribution in [2.24, 2.45) is 5.73 Å². The van der Waals surface area contributed by atoms with Gasteiger partial charge in [-0.25, -0.2) is 8.78 Å². The summed E-state index contributed by atoms with van der Waals surface area (Å²) in [5.41, 5.74) is 5.51. The highest BCUT2D eigenvalue weighted by molar-refractivity contribution is 5.94. The number of hydrogen-bond donors (Lipinski definition) is 2. The Hall–Kier alpha value is -1.69. The first-order valence-electron chi connectivity index (χ1n) is 5.11. The topological polar surface area (TPSA) is 66.6 Å². The Kier molecular flexibility index (Phi) is 4.84.